The molecule has 6 nitrogen and oxygen atoms in total. The van der Waals surface area contributed by atoms with Crippen LogP contribution in [0.25, 0.3) is 0 Å². The van der Waals surface area contributed by atoms with Crippen molar-refractivity contribution in [3.8, 4) is 0 Å². The number of rotatable bonds is 5. The average Bonchev–Trinajstić information content (AvgIpc) is 2.77. The Morgan fingerprint density at radius 3 is 2.19 bits per heavy atom. The minimum absolute atomic E-state index is 0.231. The van der Waals surface area contributed by atoms with E-state index in [1.54, 1.807) is 9.91 Å². The van der Waals surface area contributed by atoms with Gasteiger partial charge in [-0.1, -0.05) is 48.5 Å². The third-order valence-corrected chi connectivity index (χ3v) is 5.14. The van der Waals surface area contributed by atoms with E-state index < -0.39 is 5.60 Å². The number of benzene rings is 2. The summed E-state index contributed by atoms with van der Waals surface area (Å²) in [7, 11) is 0. The molecule has 0 bridgehead atoms. The summed E-state index contributed by atoms with van der Waals surface area (Å²) < 4.78 is 5.50. The Morgan fingerprint density at radius 1 is 1.06 bits per heavy atom. The van der Waals surface area contributed by atoms with Gasteiger partial charge in [0.1, 0.15) is 5.60 Å². The van der Waals surface area contributed by atoms with Gasteiger partial charge < -0.3 is 9.64 Å². The van der Waals surface area contributed by atoms with Crippen molar-refractivity contribution in [1.82, 2.24) is 4.90 Å². The monoisotopic (exact) mass is 420 g/mol. The summed E-state index contributed by atoms with van der Waals surface area (Å²) in [6.45, 7) is 11.5. The first-order chi connectivity index (χ1) is 14.9. The van der Waals surface area contributed by atoms with Crippen LogP contribution in [0.2, 0.25) is 0 Å². The first-order valence-corrected chi connectivity index (χ1v) is 10.8. The zero-order valence-corrected chi connectivity index (χ0v) is 18.7. The number of hydrogen-bond acceptors (Lipinski definition) is 4. The second-order valence-electron chi connectivity index (χ2n) is 8.73. The summed E-state index contributed by atoms with van der Waals surface area (Å²) in [6, 6.07) is 20.0. The molecule has 0 radical (unpaired) electrons. The topological polar surface area (TPSA) is 57.5 Å². The second kappa shape index (κ2) is 10.2. The second-order valence-corrected chi connectivity index (χ2v) is 8.73. The molecule has 2 aromatic carbocycles. The molecule has 6 heteroatoms. The molecule has 1 aliphatic rings. The lowest BCUT2D eigenvalue weighted by Crippen LogP contribution is -2.42. The molecule has 1 saturated heterocycles. The number of amidine groups is 1. The number of likely N-dealkylation sites (tertiary alicyclic amines) is 1. The van der Waals surface area contributed by atoms with Gasteiger partial charge in [0.25, 0.3) is 0 Å². The number of hydrazone groups is 1. The van der Waals surface area contributed by atoms with E-state index in [2.05, 4.69) is 11.8 Å². The normalized spacial score (nSPS) is 15.5. The van der Waals surface area contributed by atoms with Crippen LogP contribution in [0.5, 0.6) is 0 Å². The van der Waals surface area contributed by atoms with E-state index in [0.717, 1.165) is 29.9 Å². The molecule has 0 atom stereocenters. The van der Waals surface area contributed by atoms with Crippen molar-refractivity contribution in [2.75, 3.05) is 24.6 Å². The Morgan fingerprint density at radius 2 is 1.65 bits per heavy atom. The molecule has 1 fully saturated rings. The molecule has 1 aliphatic heterocycles. The summed E-state index contributed by atoms with van der Waals surface area (Å²) in [5, 5.41) is 6.03. The Hall–Kier alpha value is -3.15. The zero-order valence-electron chi connectivity index (χ0n) is 18.7. The summed E-state index contributed by atoms with van der Waals surface area (Å²) in [6.07, 6.45) is 1.57. The number of anilines is 1. The van der Waals surface area contributed by atoms with E-state index in [4.69, 9.17) is 9.73 Å². The summed E-state index contributed by atoms with van der Waals surface area (Å²) in [5.41, 5.74) is 1.44. The highest BCUT2D eigenvalue weighted by molar-refractivity contribution is 6.09. The quantitative estimate of drug-likeness (QED) is 0.379. The van der Waals surface area contributed by atoms with Gasteiger partial charge in [-0.3, -0.25) is 4.99 Å². The van der Waals surface area contributed by atoms with Crippen LogP contribution in [0.15, 0.2) is 70.8 Å². The van der Waals surface area contributed by atoms with Crippen molar-refractivity contribution >= 4 is 24.3 Å². The van der Waals surface area contributed by atoms with Crippen molar-refractivity contribution in [2.24, 2.45) is 16.0 Å². The lowest BCUT2D eigenvalue weighted by molar-refractivity contribution is 0.0187. The van der Waals surface area contributed by atoms with Gasteiger partial charge in [0.2, 0.25) is 0 Å². The summed E-state index contributed by atoms with van der Waals surface area (Å²) in [5.74, 6) is 1.18. The van der Waals surface area contributed by atoms with E-state index in [1.165, 1.54) is 0 Å². The molecule has 0 saturated carbocycles. The minimum atomic E-state index is -0.471. The van der Waals surface area contributed by atoms with Crippen LogP contribution < -0.4 is 5.01 Å². The number of hydrogen-bond donors (Lipinski definition) is 0. The number of carbonyl (C=O) groups excluding carboxylic acids is 1. The fourth-order valence-electron chi connectivity index (χ4n) is 3.55. The third-order valence-electron chi connectivity index (χ3n) is 5.14. The largest absolute Gasteiger partial charge is 0.444 e. The van der Waals surface area contributed by atoms with Gasteiger partial charge in [-0.25, -0.2) is 9.80 Å². The Labute approximate surface area is 185 Å². The molecule has 3 rings (SSSR count). The number of piperidine rings is 1. The van der Waals surface area contributed by atoms with Crippen LogP contribution in [0, 0.1) is 5.92 Å². The fourth-order valence-corrected chi connectivity index (χ4v) is 3.55. The van der Waals surface area contributed by atoms with Crippen LogP contribution in [-0.4, -0.2) is 48.8 Å². The fraction of sp³-hybridized carbons (Fsp3) is 0.400. The standard InChI is InChI=1S/C25H32N4O2/c1-25(2,3)31-24(30)28-17-15-20(16-18-28)19-27-23(21-11-7-5-8-12-21)29(26-4)22-13-9-6-10-14-22/h5-14,20H,4,15-19H2,1-3H3. The maximum atomic E-state index is 12.3. The lowest BCUT2D eigenvalue weighted by Gasteiger charge is -2.33. The smallest absolute Gasteiger partial charge is 0.410 e. The molecule has 2 aromatic rings. The number of ether oxygens (including phenoxy) is 1. The Bertz CT molecular complexity index is 883. The highest BCUT2D eigenvalue weighted by Gasteiger charge is 2.27. The predicted molar refractivity (Wildman–Crippen MR) is 127 cm³/mol. The predicted octanol–water partition coefficient (Wildman–Crippen LogP) is 5.20. The van der Waals surface area contributed by atoms with Crippen molar-refractivity contribution in [1.29, 1.82) is 0 Å². The van der Waals surface area contributed by atoms with E-state index >= 15 is 0 Å². The van der Waals surface area contributed by atoms with Gasteiger partial charge in [-0.2, -0.15) is 5.10 Å². The van der Waals surface area contributed by atoms with Gasteiger partial charge in [-0.05, 0) is 51.7 Å². The average molecular weight is 421 g/mol. The van der Waals surface area contributed by atoms with Gasteiger partial charge >= 0.3 is 6.09 Å². The number of amides is 1. The molecule has 31 heavy (non-hydrogen) atoms. The number of carbonyl (C=O) groups is 1. The van der Waals surface area contributed by atoms with E-state index in [9.17, 15) is 4.79 Å². The van der Waals surface area contributed by atoms with E-state index in [-0.39, 0.29) is 6.09 Å². The van der Waals surface area contributed by atoms with Crippen molar-refractivity contribution in [3.05, 3.63) is 66.2 Å². The molecule has 0 unspecified atom stereocenters. The first kappa shape index (κ1) is 22.5. The molecule has 0 aliphatic carbocycles. The highest BCUT2D eigenvalue weighted by atomic mass is 16.6. The molecule has 1 amide bonds. The van der Waals surface area contributed by atoms with E-state index in [1.807, 2.05) is 81.4 Å². The number of aliphatic imine (C=N–C) groups is 1. The first-order valence-electron chi connectivity index (χ1n) is 10.8. The zero-order chi connectivity index (χ0) is 22.3. The molecule has 0 aromatic heterocycles. The van der Waals surface area contributed by atoms with Crippen molar-refractivity contribution in [3.63, 3.8) is 0 Å². The molecule has 1 heterocycles. The molecular weight excluding hydrogens is 388 g/mol. The summed E-state index contributed by atoms with van der Waals surface area (Å²) >= 11 is 0. The van der Waals surface area contributed by atoms with Crippen LogP contribution >= 0.6 is 0 Å². The number of para-hydroxylation sites is 1. The maximum absolute atomic E-state index is 12.3. The molecule has 0 spiro atoms. The minimum Gasteiger partial charge on any atom is -0.444 e. The summed E-state index contributed by atoms with van der Waals surface area (Å²) in [4.78, 5) is 19.1. The lowest BCUT2D eigenvalue weighted by atomic mass is 9.97. The Balaban J connectivity index is 1.71. The van der Waals surface area contributed by atoms with Crippen LogP contribution in [-0.2, 0) is 4.74 Å². The van der Waals surface area contributed by atoms with Gasteiger partial charge in [0.05, 0.1) is 5.69 Å². The molecule has 0 N–H and O–H groups in total. The van der Waals surface area contributed by atoms with Crippen molar-refractivity contribution in [2.45, 2.75) is 39.2 Å². The van der Waals surface area contributed by atoms with E-state index in [0.29, 0.717) is 25.6 Å². The molecule has 164 valence electrons. The van der Waals surface area contributed by atoms with Crippen LogP contribution in [0.1, 0.15) is 39.2 Å². The maximum Gasteiger partial charge on any atom is 0.410 e. The number of nitrogens with zero attached hydrogens (tertiary/aromatic N) is 4. The van der Waals surface area contributed by atoms with Gasteiger partial charge in [0.15, 0.2) is 5.84 Å². The van der Waals surface area contributed by atoms with Crippen LogP contribution in [0.3, 0.4) is 0 Å². The third kappa shape index (κ3) is 6.41. The highest BCUT2D eigenvalue weighted by Crippen LogP contribution is 2.22. The van der Waals surface area contributed by atoms with Gasteiger partial charge in [0, 0.05) is 31.9 Å². The van der Waals surface area contributed by atoms with Gasteiger partial charge in [-0.15, -0.1) is 0 Å². The van der Waals surface area contributed by atoms with Crippen LogP contribution in [0.4, 0.5) is 10.5 Å². The molecular formula is C25H32N4O2. The SMILES string of the molecule is C=NN(C(=NCC1CCN(C(=O)OC(C)(C)C)CC1)c1ccccc1)c1ccccc1. The van der Waals surface area contributed by atoms with Crippen molar-refractivity contribution < 1.29 is 9.53 Å². The Kier molecular flexibility index (Phi) is 7.45.